The van der Waals surface area contributed by atoms with Crippen LogP contribution in [0, 0.1) is 12.3 Å². The van der Waals surface area contributed by atoms with Gasteiger partial charge < -0.3 is 44.3 Å². The zero-order chi connectivity index (χ0) is 39.1. The van der Waals surface area contributed by atoms with E-state index in [4.69, 9.17) is 18.9 Å². The number of carbonyl (C=O) groups excluding carboxylic acids is 6. The summed E-state index contributed by atoms with van der Waals surface area (Å²) < 4.78 is 21.9. The van der Waals surface area contributed by atoms with E-state index < -0.39 is 36.0 Å². The summed E-state index contributed by atoms with van der Waals surface area (Å²) in [6.45, 7) is 7.99. The van der Waals surface area contributed by atoms with Crippen molar-refractivity contribution in [1.82, 2.24) is 30.3 Å². The number of esters is 1. The van der Waals surface area contributed by atoms with Crippen molar-refractivity contribution >= 4 is 46.6 Å². The van der Waals surface area contributed by atoms with Crippen LogP contribution in [0.25, 0.3) is 10.9 Å². The van der Waals surface area contributed by atoms with Crippen LogP contribution in [0.4, 0.5) is 4.79 Å². The highest BCUT2D eigenvalue weighted by molar-refractivity contribution is 5.99. The highest BCUT2D eigenvalue weighted by Crippen LogP contribution is 2.29. The number of amides is 5. The third kappa shape index (κ3) is 9.82. The number of likely N-dealkylation sites (tertiary alicyclic amines) is 1. The van der Waals surface area contributed by atoms with Gasteiger partial charge in [-0.2, -0.15) is 0 Å². The van der Waals surface area contributed by atoms with Gasteiger partial charge in [-0.1, -0.05) is 13.0 Å². The minimum absolute atomic E-state index is 0.0371. The predicted molar refractivity (Wildman–Crippen MR) is 198 cm³/mol. The number of nitrogens with one attached hydrogen (secondary N) is 2. The van der Waals surface area contributed by atoms with Crippen molar-refractivity contribution in [2.75, 3.05) is 65.8 Å². The summed E-state index contributed by atoms with van der Waals surface area (Å²) in [5.74, 6) is -1.83. The first-order chi connectivity index (χ1) is 26.4. The number of aromatic nitrogens is 1. The van der Waals surface area contributed by atoms with E-state index in [0.717, 1.165) is 24.8 Å². The molecule has 298 valence electrons. The first-order valence-corrected chi connectivity index (χ1v) is 19.3. The largest absolute Gasteiger partial charge is 0.483 e. The second kappa shape index (κ2) is 17.6. The van der Waals surface area contributed by atoms with Crippen LogP contribution in [-0.2, 0) is 33.4 Å². The van der Waals surface area contributed by atoms with Gasteiger partial charge in [-0.15, -0.1) is 0 Å². The number of benzene rings is 1. The van der Waals surface area contributed by atoms with Gasteiger partial charge in [0.2, 0.25) is 11.8 Å². The number of rotatable bonds is 14. The van der Waals surface area contributed by atoms with Gasteiger partial charge in [-0.05, 0) is 70.1 Å². The van der Waals surface area contributed by atoms with Crippen molar-refractivity contribution in [3.8, 4) is 5.75 Å². The van der Waals surface area contributed by atoms with Crippen LogP contribution in [0.3, 0.4) is 0 Å². The van der Waals surface area contributed by atoms with Gasteiger partial charge in [0.05, 0.1) is 25.3 Å². The summed E-state index contributed by atoms with van der Waals surface area (Å²) in [7, 11) is 0. The Morgan fingerprint density at radius 2 is 1.71 bits per heavy atom. The average molecular weight is 765 g/mol. The van der Waals surface area contributed by atoms with E-state index in [9.17, 15) is 28.8 Å². The van der Waals surface area contributed by atoms with Crippen molar-refractivity contribution in [2.45, 2.75) is 83.8 Å². The average Bonchev–Trinajstić information content (AvgIpc) is 3.65. The van der Waals surface area contributed by atoms with E-state index in [-0.39, 0.29) is 93.6 Å². The van der Waals surface area contributed by atoms with E-state index in [1.807, 2.05) is 19.9 Å². The number of piperazine rings is 1. The fourth-order valence-corrected chi connectivity index (χ4v) is 7.11. The van der Waals surface area contributed by atoms with Crippen LogP contribution < -0.4 is 15.4 Å². The SMILES string of the molecule is CCOC(=O)N1CCN(C(=O)[C@H](CCC(=O)OCC2(C)COC2)NC(=O)c2cc(OCC(=O)N3CCC[C@H]3C(=O)NC3CCC3)c3ccc(C)cc3n2)CC1. The number of ether oxygens (including phenoxy) is 4. The van der Waals surface area contributed by atoms with Crippen LogP contribution in [0.1, 0.15) is 74.8 Å². The molecule has 0 unspecified atom stereocenters. The van der Waals surface area contributed by atoms with Gasteiger partial charge in [0.25, 0.3) is 11.8 Å². The first-order valence-electron chi connectivity index (χ1n) is 19.3. The van der Waals surface area contributed by atoms with E-state index in [1.165, 1.54) is 11.0 Å². The molecule has 1 aliphatic carbocycles. The Bertz CT molecular complexity index is 1770. The fourth-order valence-electron chi connectivity index (χ4n) is 7.11. The van der Waals surface area contributed by atoms with E-state index in [0.29, 0.717) is 43.5 Å². The molecule has 5 amide bonds. The number of hydrogen-bond acceptors (Lipinski definition) is 11. The van der Waals surface area contributed by atoms with Crippen molar-refractivity contribution in [2.24, 2.45) is 5.41 Å². The Morgan fingerprint density at radius 1 is 0.964 bits per heavy atom. The lowest BCUT2D eigenvalue weighted by Crippen LogP contribution is -2.56. The molecular formula is C39H52N6O10. The van der Waals surface area contributed by atoms with Crippen molar-refractivity contribution in [1.29, 1.82) is 0 Å². The molecule has 2 atom stereocenters. The second-order valence-electron chi connectivity index (χ2n) is 15.2. The molecular weight excluding hydrogens is 712 g/mol. The third-order valence-corrected chi connectivity index (χ3v) is 10.7. The molecule has 1 aromatic heterocycles. The van der Waals surface area contributed by atoms with Gasteiger partial charge in [0.15, 0.2) is 6.61 Å². The maximum absolute atomic E-state index is 13.9. The third-order valence-electron chi connectivity index (χ3n) is 10.7. The van der Waals surface area contributed by atoms with Crippen LogP contribution in [-0.4, -0.2) is 139 Å². The summed E-state index contributed by atoms with van der Waals surface area (Å²) in [6.07, 6.45) is 3.65. The van der Waals surface area contributed by atoms with Gasteiger partial charge in [-0.3, -0.25) is 24.0 Å². The lowest BCUT2D eigenvalue weighted by Gasteiger charge is -2.37. The normalized spacial score (nSPS) is 19.8. The van der Waals surface area contributed by atoms with E-state index >= 15 is 0 Å². The summed E-state index contributed by atoms with van der Waals surface area (Å²) in [5.41, 5.74) is 1.03. The molecule has 16 nitrogen and oxygen atoms in total. The highest BCUT2D eigenvalue weighted by Gasteiger charge is 2.37. The van der Waals surface area contributed by atoms with E-state index in [1.54, 1.807) is 28.9 Å². The molecule has 2 aromatic rings. The fraction of sp³-hybridized carbons (Fsp3) is 0.615. The van der Waals surface area contributed by atoms with Gasteiger partial charge >= 0.3 is 12.1 Å². The molecule has 4 aliphatic rings. The number of nitrogens with zero attached hydrogens (tertiary/aromatic N) is 4. The molecule has 0 bridgehead atoms. The molecule has 0 radical (unpaired) electrons. The van der Waals surface area contributed by atoms with Crippen molar-refractivity contribution in [3.05, 3.63) is 35.5 Å². The molecule has 3 aliphatic heterocycles. The summed E-state index contributed by atoms with van der Waals surface area (Å²) >= 11 is 0. The Kier molecular flexibility index (Phi) is 12.7. The lowest BCUT2D eigenvalue weighted by atomic mass is 9.90. The smallest absolute Gasteiger partial charge is 0.409 e. The first kappa shape index (κ1) is 39.7. The standard InChI is InChI=1S/C39H52N6O10/c1-4-53-38(51)44-17-15-43(16-18-44)37(50)28(12-13-34(47)55-24-39(3)22-52-23-39)42-35(48)30-20-32(27-11-10-25(2)19-29(27)41-30)54-21-33(46)45-14-6-9-31(45)36(49)40-26-7-5-8-26/h10-11,19-20,26,28,31H,4-9,12-18,21-24H2,1-3H3,(H,40,49)(H,42,48)/t28-,31-/m0/s1. The quantitative estimate of drug-likeness (QED) is 0.269. The Balaban J connectivity index is 1.16. The molecule has 0 spiro atoms. The van der Waals surface area contributed by atoms with Crippen LogP contribution in [0.2, 0.25) is 0 Å². The second-order valence-corrected chi connectivity index (χ2v) is 15.2. The van der Waals surface area contributed by atoms with Gasteiger partial charge in [-0.25, -0.2) is 9.78 Å². The Morgan fingerprint density at radius 3 is 2.38 bits per heavy atom. The molecule has 2 N–H and O–H groups in total. The zero-order valence-electron chi connectivity index (χ0n) is 31.9. The molecule has 1 aromatic carbocycles. The maximum atomic E-state index is 13.9. The summed E-state index contributed by atoms with van der Waals surface area (Å²) in [6, 6.07) is 5.39. The molecule has 16 heteroatoms. The van der Waals surface area contributed by atoms with Crippen molar-refractivity contribution < 1.29 is 47.7 Å². The molecule has 1 saturated carbocycles. The topological polar surface area (TPSA) is 186 Å². The Hall–Kier alpha value is -4.99. The number of hydrogen-bond donors (Lipinski definition) is 2. The molecule has 6 rings (SSSR count). The predicted octanol–water partition coefficient (Wildman–Crippen LogP) is 2.34. The summed E-state index contributed by atoms with van der Waals surface area (Å²) in [5, 5.41) is 6.42. The number of fused-ring (bicyclic) bond motifs is 1. The number of pyridine rings is 1. The van der Waals surface area contributed by atoms with Crippen LogP contribution >= 0.6 is 0 Å². The molecule has 4 fully saturated rings. The number of aryl methyl sites for hydroxylation is 1. The summed E-state index contributed by atoms with van der Waals surface area (Å²) in [4.78, 5) is 88.5. The molecule has 4 heterocycles. The van der Waals surface area contributed by atoms with Crippen LogP contribution in [0.5, 0.6) is 5.75 Å². The minimum Gasteiger partial charge on any atom is -0.483 e. The number of carbonyl (C=O) groups is 6. The monoisotopic (exact) mass is 764 g/mol. The van der Waals surface area contributed by atoms with Gasteiger partial charge in [0.1, 0.15) is 30.1 Å². The van der Waals surface area contributed by atoms with Crippen LogP contribution in [0.15, 0.2) is 24.3 Å². The lowest BCUT2D eigenvalue weighted by molar-refractivity contribution is -0.165. The molecule has 3 saturated heterocycles. The van der Waals surface area contributed by atoms with E-state index in [2.05, 4.69) is 15.6 Å². The van der Waals surface area contributed by atoms with Gasteiger partial charge in [0, 0.05) is 62.1 Å². The zero-order valence-corrected chi connectivity index (χ0v) is 31.9. The Labute approximate surface area is 320 Å². The molecule has 55 heavy (non-hydrogen) atoms. The van der Waals surface area contributed by atoms with Crippen molar-refractivity contribution in [3.63, 3.8) is 0 Å². The maximum Gasteiger partial charge on any atom is 0.409 e. The minimum atomic E-state index is -1.11. The highest BCUT2D eigenvalue weighted by atomic mass is 16.6.